The van der Waals surface area contributed by atoms with Gasteiger partial charge in [-0.15, -0.1) is 27.1 Å². The Morgan fingerprint density at radius 2 is 1.90 bits per heavy atom. The van der Waals surface area contributed by atoms with Crippen molar-refractivity contribution in [2.45, 2.75) is 42.4 Å². The predicted molar refractivity (Wildman–Crippen MR) is 164 cm³/mol. The highest BCUT2D eigenvalue weighted by Gasteiger charge is 2.37. The lowest BCUT2D eigenvalue weighted by Crippen LogP contribution is -2.57. The average Bonchev–Trinajstić information content (AvgIpc) is 3.50. The summed E-state index contributed by atoms with van der Waals surface area (Å²) in [5.41, 5.74) is 0. The molecule has 41 heavy (non-hydrogen) atoms. The normalized spacial score (nSPS) is 16.7. The minimum atomic E-state index is -4.10. The molecule has 1 fully saturated rings. The molecule has 0 aromatic carbocycles. The molecule has 11 nitrogen and oxygen atoms in total. The zero-order chi connectivity index (χ0) is 30.4. The maximum Gasteiger partial charge on any atom is 0.250 e. The summed E-state index contributed by atoms with van der Waals surface area (Å²) in [5.74, 6) is 5.06. The number of hydrazine groups is 1. The number of amides is 2. The number of piperidine rings is 1. The highest BCUT2D eigenvalue weighted by Crippen LogP contribution is 2.34. The number of halogens is 3. The van der Waals surface area contributed by atoms with E-state index in [2.05, 4.69) is 4.72 Å². The predicted octanol–water partition coefficient (Wildman–Crippen LogP) is 3.84. The quantitative estimate of drug-likeness (QED) is 0.172. The Morgan fingerprint density at radius 3 is 2.54 bits per heavy atom. The zero-order valence-corrected chi connectivity index (χ0v) is 27.5. The Labute approximate surface area is 262 Å². The van der Waals surface area contributed by atoms with E-state index in [4.69, 9.17) is 40.6 Å². The molecule has 2 aromatic rings. The van der Waals surface area contributed by atoms with Gasteiger partial charge in [0, 0.05) is 37.0 Å². The molecule has 0 saturated carbocycles. The second-order valence-corrected chi connectivity index (χ2v) is 16.7. The molecule has 228 valence electrons. The molecule has 0 spiro atoms. The van der Waals surface area contributed by atoms with Gasteiger partial charge in [0.05, 0.1) is 15.9 Å². The number of carbonyl (C=O) groups is 2. The lowest BCUT2D eigenvalue weighted by molar-refractivity contribution is -0.144. The summed E-state index contributed by atoms with van der Waals surface area (Å²) in [7, 11) is -6.18. The Bertz CT molecular complexity index is 1460. The van der Waals surface area contributed by atoms with E-state index in [1.54, 1.807) is 19.2 Å². The van der Waals surface area contributed by atoms with Crippen molar-refractivity contribution in [3.63, 3.8) is 0 Å². The fourth-order valence-electron chi connectivity index (χ4n) is 3.93. The Kier molecular flexibility index (Phi) is 12.5. The van der Waals surface area contributed by atoms with Gasteiger partial charge in [-0.25, -0.2) is 21.6 Å². The van der Waals surface area contributed by atoms with Crippen LogP contribution in [-0.2, 0) is 29.6 Å². The first-order chi connectivity index (χ1) is 19.2. The first-order valence-corrected chi connectivity index (χ1v) is 18.2. The standard InChI is InChI=1S/C23H30Cl3N5O6S4/c1-29(11-4-2-3-10-28-41(36,37)21-14-17(24)22(26)39-21)20(32)15-30-12-5-6-18(23(30)33)31(27)40(34,35)13-9-16-7-8-19(25)38-16/h7-9,13-14,18,28H,2-6,10-12,15,27H2,1H3/b13-9+/t18-/m0/s1. The maximum atomic E-state index is 13.0. The smallest absolute Gasteiger partial charge is 0.250 e. The van der Waals surface area contributed by atoms with Crippen molar-refractivity contribution >= 4 is 95.4 Å². The third-order valence-electron chi connectivity index (χ3n) is 6.20. The van der Waals surface area contributed by atoms with Gasteiger partial charge >= 0.3 is 0 Å². The third-order valence-corrected chi connectivity index (χ3v) is 12.5. The van der Waals surface area contributed by atoms with E-state index in [-0.39, 0.29) is 39.0 Å². The number of likely N-dealkylation sites (tertiary alicyclic amines) is 1. The van der Waals surface area contributed by atoms with Gasteiger partial charge in [-0.2, -0.15) is 0 Å². The molecule has 1 aliphatic heterocycles. The third kappa shape index (κ3) is 9.61. The minimum Gasteiger partial charge on any atom is -0.344 e. The Balaban J connectivity index is 1.42. The van der Waals surface area contributed by atoms with Crippen LogP contribution < -0.4 is 10.6 Å². The van der Waals surface area contributed by atoms with Crippen molar-refractivity contribution < 1.29 is 26.4 Å². The Morgan fingerprint density at radius 1 is 1.17 bits per heavy atom. The number of nitrogens with zero attached hydrogens (tertiary/aromatic N) is 3. The largest absolute Gasteiger partial charge is 0.344 e. The lowest BCUT2D eigenvalue weighted by atomic mass is 10.1. The van der Waals surface area contributed by atoms with Crippen LogP contribution in [0.3, 0.4) is 0 Å². The number of sulfonamides is 2. The molecule has 3 N–H and O–H groups in total. The highest BCUT2D eigenvalue weighted by molar-refractivity contribution is 7.92. The number of rotatable bonds is 14. The van der Waals surface area contributed by atoms with Crippen LogP contribution >= 0.6 is 57.5 Å². The van der Waals surface area contributed by atoms with Gasteiger partial charge in [-0.05, 0) is 50.0 Å². The zero-order valence-electron chi connectivity index (χ0n) is 22.0. The van der Waals surface area contributed by atoms with Crippen LogP contribution in [-0.4, -0.2) is 82.1 Å². The second kappa shape index (κ2) is 14.9. The number of hydrogen-bond donors (Lipinski definition) is 2. The second-order valence-electron chi connectivity index (χ2n) is 9.20. The molecule has 0 radical (unpaired) electrons. The molecule has 2 aromatic heterocycles. The molecule has 0 unspecified atom stereocenters. The number of nitrogens with two attached hydrogens (primary N) is 1. The monoisotopic (exact) mass is 705 g/mol. The fourth-order valence-corrected chi connectivity index (χ4v) is 8.99. The lowest BCUT2D eigenvalue weighted by Gasteiger charge is -2.35. The van der Waals surface area contributed by atoms with Crippen molar-refractivity contribution in [3.8, 4) is 0 Å². The minimum absolute atomic E-state index is 0.0443. The summed E-state index contributed by atoms with van der Waals surface area (Å²) in [6.45, 7) is 0.732. The van der Waals surface area contributed by atoms with Crippen molar-refractivity contribution in [1.82, 2.24) is 18.9 Å². The number of nitrogens with one attached hydrogen (secondary N) is 1. The number of unbranched alkanes of at least 4 members (excludes halogenated alkanes) is 2. The average molecular weight is 707 g/mol. The van der Waals surface area contributed by atoms with Gasteiger partial charge in [0.15, 0.2) is 0 Å². The van der Waals surface area contributed by atoms with Crippen molar-refractivity contribution in [2.24, 2.45) is 5.84 Å². The molecule has 3 heterocycles. The molecule has 1 atom stereocenters. The summed E-state index contributed by atoms with van der Waals surface area (Å²) in [6, 6.07) is 3.49. The van der Waals surface area contributed by atoms with E-state index in [1.807, 2.05) is 0 Å². The summed E-state index contributed by atoms with van der Waals surface area (Å²) in [6.07, 6.45) is 3.91. The van der Waals surface area contributed by atoms with Crippen LogP contribution in [0.25, 0.3) is 6.08 Å². The topological polar surface area (TPSA) is 150 Å². The van der Waals surface area contributed by atoms with Crippen LogP contribution in [0, 0.1) is 0 Å². The van der Waals surface area contributed by atoms with Crippen molar-refractivity contribution in [3.05, 3.63) is 42.2 Å². The van der Waals surface area contributed by atoms with Gasteiger partial charge < -0.3 is 9.80 Å². The van der Waals surface area contributed by atoms with Gasteiger partial charge in [0.2, 0.25) is 31.9 Å². The van der Waals surface area contributed by atoms with E-state index in [1.165, 1.54) is 33.3 Å². The van der Waals surface area contributed by atoms with Crippen LogP contribution in [0.1, 0.15) is 37.0 Å². The first-order valence-electron chi connectivity index (χ1n) is 12.4. The van der Waals surface area contributed by atoms with Crippen LogP contribution in [0.5, 0.6) is 0 Å². The summed E-state index contributed by atoms with van der Waals surface area (Å²) < 4.78 is 53.9. The molecule has 0 aliphatic carbocycles. The van der Waals surface area contributed by atoms with Gasteiger partial charge in [-0.3, -0.25) is 15.4 Å². The van der Waals surface area contributed by atoms with Crippen LogP contribution in [0.4, 0.5) is 0 Å². The van der Waals surface area contributed by atoms with E-state index >= 15 is 0 Å². The summed E-state index contributed by atoms with van der Waals surface area (Å²) >= 11 is 19.6. The van der Waals surface area contributed by atoms with E-state index < -0.39 is 32.0 Å². The fraction of sp³-hybridized carbons (Fsp3) is 0.478. The number of thiophene rings is 2. The molecule has 0 bridgehead atoms. The van der Waals surface area contributed by atoms with Crippen molar-refractivity contribution in [2.75, 3.05) is 33.2 Å². The summed E-state index contributed by atoms with van der Waals surface area (Å²) in [4.78, 5) is 29.2. The molecule has 3 rings (SSSR count). The Hall–Kier alpha value is -1.27. The molecule has 1 saturated heterocycles. The molecule has 1 aliphatic rings. The molecular formula is C23H30Cl3N5O6S4. The number of hydrogen-bond acceptors (Lipinski definition) is 9. The van der Waals surface area contributed by atoms with E-state index in [0.29, 0.717) is 52.4 Å². The number of carbonyl (C=O) groups excluding carboxylic acids is 2. The van der Waals surface area contributed by atoms with Crippen molar-refractivity contribution in [1.29, 1.82) is 0 Å². The molecule has 18 heteroatoms. The highest BCUT2D eigenvalue weighted by atomic mass is 35.5. The molecular weight excluding hydrogens is 677 g/mol. The number of likely N-dealkylation sites (N-methyl/N-ethyl adjacent to an activating group) is 1. The SMILES string of the molecule is CN(CCCCCNS(=O)(=O)c1cc(Cl)c(Cl)s1)C(=O)CN1CCC[C@H](N(N)S(=O)(=O)/C=C/c2ccc(Cl)s2)C1=O. The van der Waals surface area contributed by atoms with Crippen LogP contribution in [0.15, 0.2) is 27.8 Å². The first kappa shape index (κ1) is 34.2. The van der Waals surface area contributed by atoms with Gasteiger partial charge in [-0.1, -0.05) is 41.2 Å². The van der Waals surface area contributed by atoms with E-state index in [9.17, 15) is 26.4 Å². The van der Waals surface area contributed by atoms with Crippen LogP contribution in [0.2, 0.25) is 13.7 Å². The van der Waals surface area contributed by atoms with E-state index in [0.717, 1.165) is 16.7 Å². The van der Waals surface area contributed by atoms with Gasteiger partial charge in [0.1, 0.15) is 14.6 Å². The summed E-state index contributed by atoms with van der Waals surface area (Å²) in [5, 5.41) is 1.11. The van der Waals surface area contributed by atoms with Gasteiger partial charge in [0.25, 0.3) is 0 Å². The maximum absolute atomic E-state index is 13.0. The molecule has 2 amide bonds.